The summed E-state index contributed by atoms with van der Waals surface area (Å²) in [6, 6.07) is 30.7. The monoisotopic (exact) mass is 1060 g/mol. The van der Waals surface area contributed by atoms with E-state index in [1.807, 2.05) is 106 Å². The van der Waals surface area contributed by atoms with Gasteiger partial charge in [-0.2, -0.15) is 0 Å². The Morgan fingerprint density at radius 3 is 1.24 bits per heavy atom. The van der Waals surface area contributed by atoms with Gasteiger partial charge in [-0.15, -0.1) is 0 Å². The molecule has 9 aromatic rings. The predicted octanol–water partition coefficient (Wildman–Crippen LogP) is 15.0. The van der Waals surface area contributed by atoms with Gasteiger partial charge >= 0.3 is 6.09 Å². The Kier molecular flexibility index (Phi) is 16.3. The molecule has 11 nitrogen and oxygen atoms in total. The average molecular weight is 1060 g/mol. The van der Waals surface area contributed by atoms with E-state index in [4.69, 9.17) is 45.3 Å². The molecule has 4 N–H and O–H groups in total. The number of piperidine rings is 1. The minimum absolute atomic E-state index is 0.169. The molecule has 12 rings (SSSR count). The van der Waals surface area contributed by atoms with Gasteiger partial charge in [-0.3, -0.25) is 15.0 Å². The van der Waals surface area contributed by atoms with Gasteiger partial charge in [0.05, 0.1) is 35.1 Å². The van der Waals surface area contributed by atoms with Crippen molar-refractivity contribution in [1.82, 2.24) is 39.3 Å². The maximum absolute atomic E-state index is 12.1. The van der Waals surface area contributed by atoms with Crippen LogP contribution < -0.4 is 16.4 Å². The number of nitrogens with two attached hydrogens (primary N) is 1. The first-order chi connectivity index (χ1) is 36.3. The Bertz CT molecular complexity index is 3340. The number of hydrogen-bond acceptors (Lipinski definition) is 7. The number of halogens is 3. The molecule has 0 radical (unpaired) electrons. The Balaban J connectivity index is 0.000000130. The van der Waals surface area contributed by atoms with E-state index >= 15 is 0 Å². The summed E-state index contributed by atoms with van der Waals surface area (Å²) < 4.78 is 12.1. The molecule has 14 heteroatoms. The molecule has 3 aromatic carbocycles. The van der Waals surface area contributed by atoms with Crippen molar-refractivity contribution in [3.8, 4) is 17.1 Å². The second-order valence-electron chi connectivity index (χ2n) is 21.3. The molecule has 3 aliphatic rings. The molecular weight excluding hydrogens is 997 g/mol. The summed E-state index contributed by atoms with van der Waals surface area (Å²) >= 11 is 18.1. The molecule has 2 aliphatic carbocycles. The SMILES string of the molecule is CC(C)(C)OC(=O)NC1CCC(c2cn(-c3ccc(Cl)cc3)c3cnccc23)CC1.Clc1ccc(-n2cc(C3CCNCC3)c3ccncc32)cc1.NC1CCC(c2cn(-c3ccc(Cl)cc3)c3cnccc23)CC1. The van der Waals surface area contributed by atoms with Crippen molar-refractivity contribution in [2.75, 3.05) is 13.1 Å². The number of carbonyl (C=O) groups excluding carboxylic acids is 1. The molecule has 0 bridgehead atoms. The van der Waals surface area contributed by atoms with Crippen LogP contribution in [-0.2, 0) is 4.74 Å². The minimum Gasteiger partial charge on any atom is -0.444 e. The van der Waals surface area contributed by atoms with Crippen LogP contribution in [0, 0.1) is 0 Å². The van der Waals surface area contributed by atoms with Gasteiger partial charge in [0.25, 0.3) is 0 Å². The van der Waals surface area contributed by atoms with Gasteiger partial charge in [0.1, 0.15) is 5.60 Å². The molecule has 1 aliphatic heterocycles. The fourth-order valence-corrected chi connectivity index (χ4v) is 11.7. The van der Waals surface area contributed by atoms with Crippen LogP contribution >= 0.6 is 34.8 Å². The van der Waals surface area contributed by atoms with E-state index in [-0.39, 0.29) is 12.1 Å². The Morgan fingerprint density at radius 2 is 0.880 bits per heavy atom. The largest absolute Gasteiger partial charge is 0.444 e. The summed E-state index contributed by atoms with van der Waals surface area (Å²) in [4.78, 5) is 25.1. The van der Waals surface area contributed by atoms with Gasteiger partial charge < -0.3 is 34.8 Å². The van der Waals surface area contributed by atoms with Crippen molar-refractivity contribution in [3.63, 3.8) is 0 Å². The highest BCUT2D eigenvalue weighted by atomic mass is 35.5. The average Bonchev–Trinajstić information content (AvgIpc) is 4.13. The predicted molar refractivity (Wildman–Crippen MR) is 307 cm³/mol. The second-order valence-corrected chi connectivity index (χ2v) is 22.6. The van der Waals surface area contributed by atoms with Crippen molar-refractivity contribution < 1.29 is 9.53 Å². The summed E-state index contributed by atoms with van der Waals surface area (Å²) in [7, 11) is 0. The summed E-state index contributed by atoms with van der Waals surface area (Å²) in [5.41, 5.74) is 16.5. The van der Waals surface area contributed by atoms with E-state index in [0.717, 1.165) is 94.8 Å². The number of hydrogen-bond donors (Lipinski definition) is 3. The van der Waals surface area contributed by atoms with Crippen LogP contribution in [0.25, 0.3) is 49.8 Å². The highest BCUT2D eigenvalue weighted by Crippen LogP contribution is 2.40. The van der Waals surface area contributed by atoms with Crippen LogP contribution in [0.2, 0.25) is 15.1 Å². The van der Waals surface area contributed by atoms with Gasteiger partial charge in [0, 0.05) is 97.6 Å². The van der Waals surface area contributed by atoms with Gasteiger partial charge in [0.2, 0.25) is 0 Å². The molecule has 0 unspecified atom stereocenters. The summed E-state index contributed by atoms with van der Waals surface area (Å²) in [5, 5.41) is 12.6. The molecule has 6 aromatic heterocycles. The summed E-state index contributed by atoms with van der Waals surface area (Å²) in [6.07, 6.45) is 28.8. The van der Waals surface area contributed by atoms with Crippen LogP contribution in [0.15, 0.2) is 147 Å². The zero-order valence-corrected chi connectivity index (χ0v) is 45.2. The standard InChI is InChI=1S/C24H28ClN3O2.C19H20ClN3.C18H18ClN3/c1-24(2,3)30-23(29)27-18-8-4-16(5-9-18)21-15-28(19-10-6-17(25)7-11-19)22-14-26-13-12-20(21)22;20-14-3-7-16(8-4-14)23-12-18(13-1-5-15(21)6-2-13)17-9-10-22-11-19(17)23;19-14-1-3-15(4-2-14)22-12-17(13-5-8-20-9-6-13)16-7-10-21-11-18(16)22/h6-7,10-16,18H,4-5,8-9H2,1-3H3,(H,27,29);3-4,7-13,15H,1-2,5-6,21H2;1-4,7,10-13,20H,5-6,8-9H2. The molecule has 1 amide bonds. The first-order valence-electron chi connectivity index (χ1n) is 26.4. The molecule has 1 saturated heterocycles. The Morgan fingerprint density at radius 1 is 0.533 bits per heavy atom. The normalized spacial score (nSPS) is 19.2. The number of ether oxygens (including phenoxy) is 1. The van der Waals surface area contributed by atoms with E-state index in [2.05, 4.69) is 100 Å². The van der Waals surface area contributed by atoms with Crippen molar-refractivity contribution >= 4 is 73.6 Å². The molecule has 3 fully saturated rings. The third kappa shape index (κ3) is 12.4. The van der Waals surface area contributed by atoms with Gasteiger partial charge in [-0.05, 0) is 224 Å². The van der Waals surface area contributed by atoms with Crippen LogP contribution in [0.4, 0.5) is 4.79 Å². The van der Waals surface area contributed by atoms with E-state index in [1.165, 1.54) is 64.0 Å². The molecular formula is C61H66Cl3N9O2. The lowest BCUT2D eigenvalue weighted by Crippen LogP contribution is -2.40. The Labute approximate surface area is 454 Å². The van der Waals surface area contributed by atoms with Crippen LogP contribution in [0.3, 0.4) is 0 Å². The molecule has 2 saturated carbocycles. The van der Waals surface area contributed by atoms with Crippen molar-refractivity contribution in [2.45, 2.75) is 120 Å². The fraction of sp³-hybridized carbons (Fsp3) is 0.344. The highest BCUT2D eigenvalue weighted by molar-refractivity contribution is 6.31. The number of nitrogens with one attached hydrogen (secondary N) is 2. The van der Waals surface area contributed by atoms with Crippen molar-refractivity contribution in [2.24, 2.45) is 5.73 Å². The number of rotatable bonds is 7. The minimum atomic E-state index is -0.473. The number of alkyl carbamates (subject to hydrolysis) is 1. The lowest BCUT2D eigenvalue weighted by atomic mass is 9.82. The van der Waals surface area contributed by atoms with Gasteiger partial charge in [-0.1, -0.05) is 34.8 Å². The first kappa shape index (κ1) is 52.2. The summed E-state index contributed by atoms with van der Waals surface area (Å²) in [6.45, 7) is 7.85. The number of nitrogens with zero attached hydrogens (tertiary/aromatic N) is 6. The second kappa shape index (κ2) is 23.4. The van der Waals surface area contributed by atoms with Crippen LogP contribution in [0.1, 0.15) is 119 Å². The molecule has 7 heterocycles. The van der Waals surface area contributed by atoms with E-state index in [1.54, 1.807) is 0 Å². The Hall–Kier alpha value is -6.21. The topological polar surface area (TPSA) is 130 Å². The molecule has 75 heavy (non-hydrogen) atoms. The fourth-order valence-electron chi connectivity index (χ4n) is 11.3. The lowest BCUT2D eigenvalue weighted by Gasteiger charge is -2.30. The molecule has 0 atom stereocenters. The van der Waals surface area contributed by atoms with E-state index in [9.17, 15) is 4.79 Å². The lowest BCUT2D eigenvalue weighted by molar-refractivity contribution is 0.0491. The summed E-state index contributed by atoms with van der Waals surface area (Å²) in [5.74, 6) is 1.67. The first-order valence-corrected chi connectivity index (χ1v) is 27.6. The molecule has 388 valence electrons. The smallest absolute Gasteiger partial charge is 0.407 e. The van der Waals surface area contributed by atoms with E-state index in [0.29, 0.717) is 23.8 Å². The zero-order chi connectivity index (χ0) is 52.1. The molecule has 0 spiro atoms. The van der Waals surface area contributed by atoms with Gasteiger partial charge in [0.15, 0.2) is 0 Å². The van der Waals surface area contributed by atoms with Crippen LogP contribution in [-0.4, -0.2) is 65.5 Å². The number of carbonyl (C=O) groups is 1. The quantitative estimate of drug-likeness (QED) is 0.145. The van der Waals surface area contributed by atoms with Crippen molar-refractivity contribution in [3.05, 3.63) is 179 Å². The van der Waals surface area contributed by atoms with Crippen LogP contribution in [0.5, 0.6) is 0 Å². The number of pyridine rings is 3. The maximum Gasteiger partial charge on any atom is 0.407 e. The number of benzene rings is 3. The number of amides is 1. The van der Waals surface area contributed by atoms with E-state index < -0.39 is 5.60 Å². The number of aromatic nitrogens is 6. The zero-order valence-electron chi connectivity index (χ0n) is 42.9. The maximum atomic E-state index is 12.1. The highest BCUT2D eigenvalue weighted by Gasteiger charge is 2.28. The third-order valence-corrected chi connectivity index (χ3v) is 15.9. The number of fused-ring (bicyclic) bond motifs is 3. The third-order valence-electron chi connectivity index (χ3n) is 15.1. The van der Waals surface area contributed by atoms with Crippen molar-refractivity contribution in [1.29, 1.82) is 0 Å². The van der Waals surface area contributed by atoms with Gasteiger partial charge in [-0.25, -0.2) is 4.79 Å².